The molecule has 10 nitrogen and oxygen atoms in total. The van der Waals surface area contributed by atoms with Gasteiger partial charge in [0.05, 0.1) is 35.7 Å². The number of carbonyl (C=O) groups excluding carboxylic acids is 3. The highest BCUT2D eigenvalue weighted by atomic mass is 127. The molecule has 48 heavy (non-hydrogen) atoms. The molecule has 3 aromatic rings. The van der Waals surface area contributed by atoms with E-state index >= 15 is 0 Å². The number of amides is 3. The summed E-state index contributed by atoms with van der Waals surface area (Å²) in [5.74, 6) is -2.27. The topological polar surface area (TPSA) is 132 Å². The summed E-state index contributed by atoms with van der Waals surface area (Å²) >= 11 is 2.07. The van der Waals surface area contributed by atoms with Crippen LogP contribution in [0.1, 0.15) is 30.4 Å². The van der Waals surface area contributed by atoms with Gasteiger partial charge in [-0.05, 0) is 106 Å². The monoisotopic (exact) mass is 763 g/mol. The number of likely N-dealkylation sites (tertiary alicyclic amines) is 1. The third kappa shape index (κ3) is 6.74. The Kier molecular flexibility index (Phi) is 10.2. The molecule has 6 rings (SSSR count). The molecule has 1 aliphatic carbocycles. The van der Waals surface area contributed by atoms with Crippen molar-refractivity contribution in [2.24, 2.45) is 17.8 Å². The molecule has 0 aromatic heterocycles. The Hall–Kier alpha value is -4.14. The van der Waals surface area contributed by atoms with Gasteiger partial charge in [0.25, 0.3) is 0 Å². The number of allylic oxidation sites excluding steroid dienone is 1. The number of carbonyl (C=O) groups is 3. The number of phenols is 1. The van der Waals surface area contributed by atoms with Crippen molar-refractivity contribution in [2.45, 2.75) is 31.7 Å². The van der Waals surface area contributed by atoms with Gasteiger partial charge in [-0.15, -0.1) is 0 Å². The fourth-order valence-corrected chi connectivity index (χ4v) is 7.75. The first-order valence-electron chi connectivity index (χ1n) is 15.7. The number of aromatic hydroxyl groups is 1. The summed E-state index contributed by atoms with van der Waals surface area (Å²) in [4.78, 5) is 40.2. The number of phenolic OH excluding ortho intramolecular Hbond substituents is 1. The molecule has 4 atom stereocenters. The fraction of sp³-hybridized carbons (Fsp3) is 0.306. The lowest BCUT2D eigenvalue weighted by Gasteiger charge is -2.43. The van der Waals surface area contributed by atoms with Gasteiger partial charge in [0, 0.05) is 0 Å². The molecule has 0 unspecified atom stereocenters. The number of benzene rings is 3. The molecule has 2 heterocycles. The number of imide groups is 3. The van der Waals surface area contributed by atoms with E-state index < -0.39 is 48.9 Å². The minimum Gasteiger partial charge on any atom is -0.504 e. The maximum absolute atomic E-state index is 13.7. The second-order valence-electron chi connectivity index (χ2n) is 12.0. The number of hydrogen-bond acceptors (Lipinski definition) is 9. The molecule has 3 aliphatic rings. The summed E-state index contributed by atoms with van der Waals surface area (Å²) in [6.07, 6.45) is 1.72. The summed E-state index contributed by atoms with van der Waals surface area (Å²) in [6, 6.07) is 22.8. The molecule has 2 N–H and O–H groups in total. The van der Waals surface area contributed by atoms with E-state index in [4.69, 9.17) is 18.9 Å². The molecule has 2 fully saturated rings. The summed E-state index contributed by atoms with van der Waals surface area (Å²) in [5.41, 5.74) is 4.46. The van der Waals surface area contributed by atoms with E-state index in [1.165, 1.54) is 7.11 Å². The zero-order valence-corrected chi connectivity index (χ0v) is 28.7. The minimum absolute atomic E-state index is 0.0747. The highest BCUT2D eigenvalue weighted by molar-refractivity contribution is 14.1. The first-order chi connectivity index (χ1) is 23.2. The van der Waals surface area contributed by atoms with Crippen molar-refractivity contribution >= 4 is 59.3 Å². The molecule has 0 spiro atoms. The van der Waals surface area contributed by atoms with Crippen molar-refractivity contribution in [2.75, 3.05) is 20.8 Å². The van der Waals surface area contributed by atoms with E-state index in [0.717, 1.165) is 35.0 Å². The molecule has 0 saturated carbocycles. The Bertz CT molecular complexity index is 1760. The van der Waals surface area contributed by atoms with Crippen LogP contribution in [0.3, 0.4) is 0 Å². The first-order valence-corrected chi connectivity index (χ1v) is 16.8. The lowest BCUT2D eigenvalue weighted by atomic mass is 9.58. The van der Waals surface area contributed by atoms with Crippen molar-refractivity contribution in [3.63, 3.8) is 0 Å². The van der Waals surface area contributed by atoms with E-state index in [2.05, 4.69) is 22.6 Å². The van der Waals surface area contributed by atoms with Gasteiger partial charge in [-0.3, -0.25) is 9.59 Å². The van der Waals surface area contributed by atoms with Crippen molar-refractivity contribution in [3.8, 4) is 17.2 Å². The smallest absolute Gasteiger partial charge is 0.455 e. The molecule has 2 aliphatic heterocycles. The number of methoxy groups -OCH3 is 2. The molecular formula is C36H35BINO9. The van der Waals surface area contributed by atoms with Gasteiger partial charge in [0.2, 0.25) is 11.8 Å². The van der Waals surface area contributed by atoms with Gasteiger partial charge < -0.3 is 29.0 Å². The first kappa shape index (κ1) is 33.8. The van der Waals surface area contributed by atoms with Crippen LogP contribution >= 0.6 is 22.6 Å². The Labute approximate surface area is 292 Å². The maximum Gasteiger partial charge on any atom is 0.455 e. The van der Waals surface area contributed by atoms with Gasteiger partial charge in [0.15, 0.2) is 11.5 Å². The molecular weight excluding hydrogens is 728 g/mol. The number of ether oxygens (including phenoxy) is 3. The number of para-hydroxylation sites is 1. The largest absolute Gasteiger partial charge is 0.504 e. The van der Waals surface area contributed by atoms with Crippen LogP contribution < -0.4 is 9.47 Å². The second-order valence-corrected chi connectivity index (χ2v) is 13.2. The number of fused-ring (bicyclic) bond motifs is 3. The third-order valence-electron chi connectivity index (χ3n) is 9.25. The van der Waals surface area contributed by atoms with Crippen LogP contribution in [0, 0.1) is 21.3 Å². The molecule has 0 bridgehead atoms. The molecule has 12 heteroatoms. The normalized spacial score (nSPS) is 22.4. The van der Waals surface area contributed by atoms with Crippen molar-refractivity contribution in [3.05, 3.63) is 98.6 Å². The zero-order valence-electron chi connectivity index (χ0n) is 26.5. The van der Waals surface area contributed by atoms with Crippen molar-refractivity contribution < 1.29 is 43.4 Å². The Morgan fingerprint density at radius 2 is 1.75 bits per heavy atom. The molecule has 3 aromatic carbocycles. The van der Waals surface area contributed by atoms with Crippen LogP contribution in [0.15, 0.2) is 83.9 Å². The van der Waals surface area contributed by atoms with E-state index in [9.17, 15) is 24.5 Å². The maximum atomic E-state index is 13.7. The Morgan fingerprint density at radius 1 is 1.04 bits per heavy atom. The lowest BCUT2D eigenvalue weighted by Crippen LogP contribution is -2.46. The zero-order chi connectivity index (χ0) is 33.9. The molecule has 3 amide bonds. The predicted molar refractivity (Wildman–Crippen MR) is 187 cm³/mol. The van der Waals surface area contributed by atoms with Crippen LogP contribution in [0.25, 0.3) is 11.6 Å². The summed E-state index contributed by atoms with van der Waals surface area (Å²) in [6.45, 7) is 0.155. The predicted octanol–water partition coefficient (Wildman–Crippen LogP) is 5.97. The Morgan fingerprint density at radius 3 is 2.44 bits per heavy atom. The number of rotatable bonds is 9. The summed E-state index contributed by atoms with van der Waals surface area (Å²) < 4.78 is 23.2. The van der Waals surface area contributed by atoms with E-state index in [-0.39, 0.29) is 25.1 Å². The van der Waals surface area contributed by atoms with Gasteiger partial charge in [-0.1, -0.05) is 54.6 Å². The molecule has 2 saturated heterocycles. The van der Waals surface area contributed by atoms with Crippen LogP contribution in [0.4, 0.5) is 4.79 Å². The van der Waals surface area contributed by atoms with Gasteiger partial charge in [-0.2, -0.15) is 4.90 Å². The quantitative estimate of drug-likeness (QED) is 0.0891. The van der Waals surface area contributed by atoms with Crippen LogP contribution in [-0.2, 0) is 19.0 Å². The lowest BCUT2D eigenvalue weighted by molar-refractivity contribution is -0.137. The van der Waals surface area contributed by atoms with Crippen LogP contribution in [0.5, 0.6) is 17.2 Å². The van der Waals surface area contributed by atoms with Crippen molar-refractivity contribution in [1.82, 2.24) is 4.90 Å². The average molecular weight is 763 g/mol. The second kappa shape index (κ2) is 14.5. The summed E-state index contributed by atoms with van der Waals surface area (Å²) in [5, 5.41) is 21.4. The fourth-order valence-electron chi connectivity index (χ4n) is 7.13. The SMILES string of the molecule is COC(=O)N1C(=O)[C@@H]2[C@@H](CC(COc3ccccc3)=C3[C@@H](CC/C(=C/c4cc(I)c(O)c(OC)c4)c4ccccc4)OB(O)C[C@@H]32)C1=O. The summed E-state index contributed by atoms with van der Waals surface area (Å²) in [7, 11) is 1.46. The molecule has 248 valence electrons. The van der Waals surface area contributed by atoms with E-state index in [0.29, 0.717) is 32.8 Å². The minimum atomic E-state index is -1.18. The molecule has 0 radical (unpaired) electrons. The van der Waals surface area contributed by atoms with Gasteiger partial charge in [0.1, 0.15) is 12.4 Å². The van der Waals surface area contributed by atoms with Gasteiger partial charge >= 0.3 is 13.2 Å². The van der Waals surface area contributed by atoms with Crippen LogP contribution in [0.2, 0.25) is 6.32 Å². The van der Waals surface area contributed by atoms with Crippen LogP contribution in [-0.4, -0.2) is 67.0 Å². The standard InChI is InChI=1S/C36H35BINO9/c1-45-30-17-21(16-28(38)33(30)40)15-23(22-9-5-3-6-10-22)13-14-29-31-24(20-47-25-11-7-4-8-12-25)18-26-32(27(31)19-37(44)48-29)35(42)39(34(26)41)36(43)46-2/h3-12,15-17,26-27,29,32,40,44H,13-14,18-20H2,1-2H3/b23-15-/t26-,27+,29-,32-/m1/s1. The van der Waals surface area contributed by atoms with Crippen molar-refractivity contribution in [1.29, 1.82) is 0 Å². The number of nitrogens with zero attached hydrogens (tertiary/aromatic N) is 1. The van der Waals surface area contributed by atoms with E-state index in [1.54, 1.807) is 6.07 Å². The highest BCUT2D eigenvalue weighted by Gasteiger charge is 2.59. The Balaban J connectivity index is 1.37. The van der Waals surface area contributed by atoms with Gasteiger partial charge in [-0.25, -0.2) is 4.79 Å². The highest BCUT2D eigenvalue weighted by Crippen LogP contribution is 2.51. The third-order valence-corrected chi connectivity index (χ3v) is 10.1. The average Bonchev–Trinajstić information content (AvgIpc) is 3.35. The number of hydrogen-bond donors (Lipinski definition) is 2. The number of halogens is 1. The van der Waals surface area contributed by atoms with E-state index in [1.807, 2.05) is 72.8 Å².